The first kappa shape index (κ1) is 18.0. The molecular weight excluding hydrogens is 332 g/mol. The minimum atomic E-state index is 0.171. The maximum absolute atomic E-state index is 11.7. The third-order valence-corrected chi connectivity index (χ3v) is 5.62. The smallest absolute Gasteiger partial charge is 0.219 e. The molecule has 0 unspecified atom stereocenters. The van der Waals surface area contributed by atoms with Gasteiger partial charge in [0.1, 0.15) is 5.69 Å². The Morgan fingerprint density at radius 3 is 2.88 bits per heavy atom. The maximum Gasteiger partial charge on any atom is 0.219 e. The van der Waals surface area contributed by atoms with Gasteiger partial charge >= 0.3 is 0 Å². The van der Waals surface area contributed by atoms with E-state index in [-0.39, 0.29) is 5.91 Å². The predicted octanol–water partition coefficient (Wildman–Crippen LogP) is 3.60. The Morgan fingerprint density at radius 1 is 1.32 bits per heavy atom. The second-order valence-corrected chi connectivity index (χ2v) is 8.36. The second kappa shape index (κ2) is 8.04. The number of likely N-dealkylation sites (tertiary alicyclic amines) is 1. The molecule has 5 nitrogen and oxygen atoms in total. The summed E-state index contributed by atoms with van der Waals surface area (Å²) in [5.74, 6) is 1.22. The van der Waals surface area contributed by atoms with Crippen molar-refractivity contribution in [2.75, 3.05) is 13.1 Å². The molecule has 3 heterocycles. The fourth-order valence-electron chi connectivity index (χ4n) is 3.38. The van der Waals surface area contributed by atoms with Crippen molar-refractivity contribution in [3.63, 3.8) is 0 Å². The Morgan fingerprint density at radius 2 is 2.12 bits per heavy atom. The monoisotopic (exact) mass is 358 g/mol. The van der Waals surface area contributed by atoms with Crippen molar-refractivity contribution in [2.45, 2.75) is 46.5 Å². The number of hydrogen-bond acceptors (Lipinski definition) is 5. The largest absolute Gasteiger partial charge is 0.343 e. The summed E-state index contributed by atoms with van der Waals surface area (Å²) in [5, 5.41) is 1.15. The molecule has 2 aromatic heterocycles. The lowest BCUT2D eigenvalue weighted by molar-refractivity contribution is -0.130. The molecule has 0 spiro atoms. The Hall–Kier alpha value is -1.82. The molecule has 25 heavy (non-hydrogen) atoms. The molecule has 3 rings (SSSR count). The highest BCUT2D eigenvalue weighted by Crippen LogP contribution is 2.30. The van der Waals surface area contributed by atoms with Crippen LogP contribution >= 0.6 is 11.3 Å². The van der Waals surface area contributed by atoms with Gasteiger partial charge in [0.05, 0.1) is 15.6 Å². The van der Waals surface area contributed by atoms with Crippen LogP contribution in [0.5, 0.6) is 0 Å². The summed E-state index contributed by atoms with van der Waals surface area (Å²) in [6, 6.07) is 0. The lowest BCUT2D eigenvalue weighted by Gasteiger charge is -2.32. The molecule has 0 bridgehead atoms. The van der Waals surface area contributed by atoms with Crippen molar-refractivity contribution in [2.24, 2.45) is 11.8 Å². The summed E-state index contributed by atoms with van der Waals surface area (Å²) in [7, 11) is 0. The number of carbonyl (C=O) groups excluding carboxylic acids is 1. The van der Waals surface area contributed by atoms with E-state index in [9.17, 15) is 4.79 Å². The van der Waals surface area contributed by atoms with Gasteiger partial charge in [-0.1, -0.05) is 13.8 Å². The molecule has 0 saturated carbocycles. The molecule has 1 fully saturated rings. The number of carbonyl (C=O) groups is 1. The van der Waals surface area contributed by atoms with Gasteiger partial charge in [-0.25, -0.2) is 4.98 Å². The lowest BCUT2D eigenvalue weighted by atomic mass is 9.92. The predicted molar refractivity (Wildman–Crippen MR) is 100 cm³/mol. The third-order valence-electron chi connectivity index (χ3n) is 4.59. The van der Waals surface area contributed by atoms with Crippen LogP contribution in [0.3, 0.4) is 0 Å². The SMILES string of the molecule is CC(=O)N1CCC[C@@H](Cc2nccnc2-c2cnc(CC(C)C)s2)C1. The lowest BCUT2D eigenvalue weighted by Crippen LogP contribution is -2.39. The van der Waals surface area contributed by atoms with Crippen LogP contribution in [0.1, 0.15) is 44.3 Å². The van der Waals surface area contributed by atoms with E-state index in [1.165, 1.54) is 0 Å². The third kappa shape index (κ3) is 4.63. The Labute approximate surface area is 153 Å². The van der Waals surface area contributed by atoms with Gasteiger partial charge in [-0.2, -0.15) is 0 Å². The van der Waals surface area contributed by atoms with E-state index in [2.05, 4.69) is 28.8 Å². The van der Waals surface area contributed by atoms with Crippen LogP contribution in [0.4, 0.5) is 0 Å². The van der Waals surface area contributed by atoms with Gasteiger partial charge < -0.3 is 4.90 Å². The minimum Gasteiger partial charge on any atom is -0.343 e. The molecule has 1 aliphatic rings. The zero-order valence-electron chi connectivity index (χ0n) is 15.2. The summed E-state index contributed by atoms with van der Waals surface area (Å²) >= 11 is 1.72. The van der Waals surface area contributed by atoms with Crippen LogP contribution < -0.4 is 0 Å². The molecule has 0 N–H and O–H groups in total. The van der Waals surface area contributed by atoms with Crippen LogP contribution in [-0.2, 0) is 17.6 Å². The number of piperidine rings is 1. The molecule has 2 aromatic rings. The van der Waals surface area contributed by atoms with Gasteiger partial charge in [0, 0.05) is 45.0 Å². The van der Waals surface area contributed by atoms with Gasteiger partial charge in [-0.05, 0) is 31.1 Å². The van der Waals surface area contributed by atoms with E-state index in [4.69, 9.17) is 0 Å². The fraction of sp³-hybridized carbons (Fsp3) is 0.579. The highest BCUT2D eigenvalue weighted by atomic mass is 32.1. The second-order valence-electron chi connectivity index (χ2n) is 7.25. The number of hydrogen-bond donors (Lipinski definition) is 0. The molecule has 6 heteroatoms. The zero-order valence-corrected chi connectivity index (χ0v) is 16.1. The standard InChI is InChI=1S/C19H26N4OS/c1-13(2)9-18-22-11-17(25-18)19-16(20-6-7-21-19)10-15-5-4-8-23(12-15)14(3)24/h6-7,11,13,15H,4-5,8-10,12H2,1-3H3/t15-/m0/s1. The Bertz CT molecular complexity index is 728. The maximum atomic E-state index is 11.7. The van der Waals surface area contributed by atoms with Gasteiger partial charge in [-0.3, -0.25) is 14.8 Å². The van der Waals surface area contributed by atoms with Crippen LogP contribution in [0.25, 0.3) is 10.6 Å². The summed E-state index contributed by atoms with van der Waals surface area (Å²) in [4.78, 5) is 28.5. The summed E-state index contributed by atoms with van der Waals surface area (Å²) in [6.45, 7) is 7.78. The average molecular weight is 359 g/mol. The van der Waals surface area contributed by atoms with Gasteiger partial charge in [0.25, 0.3) is 0 Å². The normalized spacial score (nSPS) is 17.9. The quantitative estimate of drug-likeness (QED) is 0.819. The Balaban J connectivity index is 1.77. The van der Waals surface area contributed by atoms with E-state index >= 15 is 0 Å². The number of nitrogens with zero attached hydrogens (tertiary/aromatic N) is 4. The summed E-state index contributed by atoms with van der Waals surface area (Å²) in [6.07, 6.45) is 9.52. The minimum absolute atomic E-state index is 0.171. The van der Waals surface area contributed by atoms with Gasteiger partial charge in [-0.15, -0.1) is 11.3 Å². The topological polar surface area (TPSA) is 59.0 Å². The molecule has 0 aromatic carbocycles. The molecule has 1 saturated heterocycles. The van der Waals surface area contributed by atoms with Crippen molar-refractivity contribution in [3.8, 4) is 10.6 Å². The van der Waals surface area contributed by atoms with E-state index in [1.54, 1.807) is 30.7 Å². The summed E-state index contributed by atoms with van der Waals surface area (Å²) in [5.41, 5.74) is 1.98. The number of amides is 1. The van der Waals surface area contributed by atoms with E-state index in [1.807, 2.05) is 11.1 Å². The van der Waals surface area contributed by atoms with Crippen molar-refractivity contribution in [1.29, 1.82) is 0 Å². The van der Waals surface area contributed by atoms with Crippen LogP contribution in [0, 0.1) is 11.8 Å². The molecule has 1 atom stereocenters. The molecule has 1 aliphatic heterocycles. The summed E-state index contributed by atoms with van der Waals surface area (Å²) < 4.78 is 0. The van der Waals surface area contributed by atoms with Gasteiger partial charge in [0.2, 0.25) is 5.91 Å². The van der Waals surface area contributed by atoms with Crippen molar-refractivity contribution in [3.05, 3.63) is 29.3 Å². The highest BCUT2D eigenvalue weighted by Gasteiger charge is 2.24. The first-order valence-corrected chi connectivity index (χ1v) is 9.85. The van der Waals surface area contributed by atoms with Crippen molar-refractivity contribution >= 4 is 17.2 Å². The first-order chi connectivity index (χ1) is 12.0. The Kier molecular flexibility index (Phi) is 5.78. The average Bonchev–Trinajstić information content (AvgIpc) is 3.03. The van der Waals surface area contributed by atoms with Crippen molar-refractivity contribution in [1.82, 2.24) is 19.9 Å². The zero-order chi connectivity index (χ0) is 17.8. The van der Waals surface area contributed by atoms with Crippen LogP contribution in [-0.4, -0.2) is 38.8 Å². The van der Waals surface area contributed by atoms with Crippen LogP contribution in [0.15, 0.2) is 18.6 Å². The van der Waals surface area contributed by atoms with E-state index < -0.39 is 0 Å². The van der Waals surface area contributed by atoms with E-state index in [0.29, 0.717) is 11.8 Å². The van der Waals surface area contributed by atoms with Crippen molar-refractivity contribution < 1.29 is 4.79 Å². The molecule has 134 valence electrons. The molecular formula is C19H26N4OS. The highest BCUT2D eigenvalue weighted by molar-refractivity contribution is 7.15. The molecule has 0 radical (unpaired) electrons. The number of rotatable bonds is 5. The first-order valence-electron chi connectivity index (χ1n) is 9.03. The molecule has 1 amide bonds. The number of thiazole rings is 1. The molecule has 0 aliphatic carbocycles. The van der Waals surface area contributed by atoms with E-state index in [0.717, 1.165) is 60.0 Å². The van der Waals surface area contributed by atoms with Crippen LogP contribution in [0.2, 0.25) is 0 Å². The van der Waals surface area contributed by atoms with Gasteiger partial charge in [0.15, 0.2) is 0 Å². The number of aromatic nitrogens is 3. The fourth-order valence-corrected chi connectivity index (χ4v) is 4.53.